The molecule has 5 aliphatic heterocycles. The number of aliphatic hydroxyl groups is 17. The van der Waals surface area contributed by atoms with Crippen LogP contribution in [0.25, 0.3) is 0 Å². The first kappa shape index (κ1) is 70.4. The number of allylic oxidation sites excluding steroid dienone is 2. The van der Waals surface area contributed by atoms with Crippen LogP contribution < -0.4 is 0 Å². The molecule has 4 saturated carbocycles. The van der Waals surface area contributed by atoms with Gasteiger partial charge in [-0.15, -0.1) is 0 Å². The topological polar surface area (TPSA) is 491 Å². The Morgan fingerprint density at radius 1 is 0.511 bits per heavy atom. The molecule has 0 bridgehead atoms. The number of carboxylic acid groups (broad SMARTS) is 1. The van der Waals surface area contributed by atoms with Gasteiger partial charge in [-0.1, -0.05) is 53.2 Å². The van der Waals surface area contributed by atoms with E-state index in [1.165, 1.54) is 0 Å². The minimum absolute atomic E-state index is 0.0254. The number of aliphatic hydroxyl groups excluding tert-OH is 17. The molecular weight excluding hydrogens is 1200 g/mol. The number of hydrogen-bond donors (Lipinski definition) is 18. The van der Waals surface area contributed by atoms with E-state index < -0.39 is 220 Å². The average Bonchev–Trinajstić information content (AvgIpc) is 0.679. The van der Waals surface area contributed by atoms with Crippen LogP contribution >= 0.6 is 0 Å². The molecule has 18 N–H and O–H groups in total. The van der Waals surface area contributed by atoms with E-state index in [-0.39, 0.29) is 35.2 Å². The normalized spacial score (nSPS) is 53.6. The van der Waals surface area contributed by atoms with Gasteiger partial charge in [0.05, 0.1) is 44.6 Å². The molecule has 10 rings (SSSR count). The van der Waals surface area contributed by atoms with Crippen molar-refractivity contribution < 1.29 is 149 Å². The smallest absolute Gasteiger partial charge is 0.335 e. The van der Waals surface area contributed by atoms with Gasteiger partial charge in [0, 0.05) is 5.41 Å². The van der Waals surface area contributed by atoms with Crippen molar-refractivity contribution in [1.29, 1.82) is 0 Å². The van der Waals surface area contributed by atoms with Gasteiger partial charge >= 0.3 is 11.9 Å². The molecule has 90 heavy (non-hydrogen) atoms. The Bertz CT molecular complexity index is 2540. The van der Waals surface area contributed by atoms with E-state index >= 15 is 4.79 Å². The number of carboxylic acids is 1. The highest BCUT2D eigenvalue weighted by Gasteiger charge is 2.71. The molecule has 34 unspecified atom stereocenters. The lowest BCUT2D eigenvalue weighted by Crippen LogP contribution is -2.68. The zero-order chi connectivity index (χ0) is 65.9. The second kappa shape index (κ2) is 26.2. The fourth-order valence-corrected chi connectivity index (χ4v) is 17.9. The third kappa shape index (κ3) is 11.7. The summed E-state index contributed by atoms with van der Waals surface area (Å²) in [4.78, 5) is 28.0. The Kier molecular flexibility index (Phi) is 20.5. The predicted molar refractivity (Wildman–Crippen MR) is 297 cm³/mol. The number of carbonyl (C=O) groups is 2. The number of hydrogen-bond acceptors (Lipinski definition) is 29. The van der Waals surface area contributed by atoms with Crippen molar-refractivity contribution in [3.63, 3.8) is 0 Å². The maximum absolute atomic E-state index is 15.2. The summed E-state index contributed by atoms with van der Waals surface area (Å²) < 4.78 is 58.0. The number of esters is 1. The molecule has 5 heterocycles. The van der Waals surface area contributed by atoms with Crippen LogP contribution in [-0.2, 0) is 57.0 Å². The fourth-order valence-electron chi connectivity index (χ4n) is 17.9. The second-order valence-corrected chi connectivity index (χ2v) is 29.0. The number of carbonyl (C=O) groups excluding carboxylic acids is 1. The third-order valence-electron chi connectivity index (χ3n) is 23.6. The number of aliphatic carboxylic acids is 1. The molecule has 5 aliphatic carbocycles. The molecule has 34 atom stereocenters. The third-order valence-corrected chi connectivity index (χ3v) is 23.6. The van der Waals surface area contributed by atoms with Crippen molar-refractivity contribution in [3.8, 4) is 0 Å². The Morgan fingerprint density at radius 3 is 1.59 bits per heavy atom. The summed E-state index contributed by atoms with van der Waals surface area (Å²) >= 11 is 0. The lowest BCUT2D eigenvalue weighted by atomic mass is 9.33. The molecule has 516 valence electrons. The molecule has 0 aromatic heterocycles. The van der Waals surface area contributed by atoms with Crippen molar-refractivity contribution in [2.75, 3.05) is 33.0 Å². The van der Waals surface area contributed by atoms with Gasteiger partial charge in [0.1, 0.15) is 116 Å². The number of rotatable bonds is 16. The first-order valence-corrected chi connectivity index (χ1v) is 31.5. The summed E-state index contributed by atoms with van der Waals surface area (Å²) in [5.74, 6) is -2.84. The van der Waals surface area contributed by atoms with Gasteiger partial charge in [-0.2, -0.15) is 0 Å². The van der Waals surface area contributed by atoms with E-state index in [0.717, 1.165) is 5.57 Å². The Labute approximate surface area is 519 Å². The van der Waals surface area contributed by atoms with Crippen LogP contribution in [0.2, 0.25) is 0 Å². The molecule has 0 radical (unpaired) electrons. The fraction of sp³-hybridized carbons (Fsp3) is 0.933. The summed E-state index contributed by atoms with van der Waals surface area (Å²) in [6.45, 7) is 9.47. The molecule has 0 aromatic rings. The highest BCUT2D eigenvalue weighted by molar-refractivity contribution is 5.79. The summed E-state index contributed by atoms with van der Waals surface area (Å²) in [7, 11) is 0. The van der Waals surface area contributed by atoms with E-state index in [9.17, 15) is 96.7 Å². The SMILES string of the molecule is CC1(C)CCC2(C(=O)OC3OC(COC4OC(CO)C(OC5OC(CO)C(O)C(O)C5O)C(O)C4O)C(O)C(O)C3O)CCC3(C)C(=CCC4C5(C)CCC(OC6OC(C(=O)O)C(OC7OC(CO)C(O)C(O)C7O)C(O)C6O)C(C)(CO)C5CCC43C)C2C1. The van der Waals surface area contributed by atoms with E-state index in [1.807, 2.05) is 6.92 Å². The molecule has 0 spiro atoms. The van der Waals surface area contributed by atoms with Gasteiger partial charge in [0.25, 0.3) is 0 Å². The van der Waals surface area contributed by atoms with Gasteiger partial charge in [-0.25, -0.2) is 4.79 Å². The van der Waals surface area contributed by atoms with Crippen molar-refractivity contribution in [2.24, 2.45) is 50.2 Å². The Balaban J connectivity index is 0.822. The Morgan fingerprint density at radius 2 is 1.01 bits per heavy atom. The van der Waals surface area contributed by atoms with Gasteiger partial charge in [0.15, 0.2) is 31.3 Å². The number of ether oxygens (including phenoxy) is 10. The van der Waals surface area contributed by atoms with Crippen LogP contribution in [0.15, 0.2) is 11.6 Å². The molecule has 30 nitrogen and oxygen atoms in total. The predicted octanol–water partition coefficient (Wildman–Crippen LogP) is -5.15. The molecular formula is C60H96O30. The molecule has 30 heteroatoms. The monoisotopic (exact) mass is 1300 g/mol. The zero-order valence-electron chi connectivity index (χ0n) is 51.4. The van der Waals surface area contributed by atoms with E-state index in [2.05, 4.69) is 40.7 Å². The van der Waals surface area contributed by atoms with Crippen molar-refractivity contribution >= 4 is 11.9 Å². The van der Waals surface area contributed by atoms with Gasteiger partial charge in [0.2, 0.25) is 6.29 Å². The lowest BCUT2D eigenvalue weighted by Gasteiger charge is -2.71. The van der Waals surface area contributed by atoms with Crippen molar-refractivity contribution in [2.45, 2.75) is 265 Å². The molecule has 0 aromatic carbocycles. The summed E-state index contributed by atoms with van der Waals surface area (Å²) in [6, 6.07) is 0. The molecule has 0 amide bonds. The highest BCUT2D eigenvalue weighted by atomic mass is 16.8. The van der Waals surface area contributed by atoms with E-state index in [0.29, 0.717) is 64.2 Å². The maximum atomic E-state index is 15.2. The van der Waals surface area contributed by atoms with Crippen LogP contribution in [0, 0.1) is 50.2 Å². The average molecular weight is 1300 g/mol. The van der Waals surface area contributed by atoms with Gasteiger partial charge in [-0.3, -0.25) is 4.79 Å². The van der Waals surface area contributed by atoms with Crippen LogP contribution in [-0.4, -0.2) is 297 Å². The minimum atomic E-state index is -2.03. The van der Waals surface area contributed by atoms with Crippen molar-refractivity contribution in [1.82, 2.24) is 0 Å². The van der Waals surface area contributed by atoms with Crippen LogP contribution in [0.5, 0.6) is 0 Å². The van der Waals surface area contributed by atoms with Crippen molar-refractivity contribution in [3.05, 3.63) is 11.6 Å². The quantitative estimate of drug-likeness (QED) is 0.0390. The molecule has 10 aliphatic rings. The minimum Gasteiger partial charge on any atom is -0.479 e. The van der Waals surface area contributed by atoms with Crippen LogP contribution in [0.3, 0.4) is 0 Å². The Hall–Kier alpha value is -2.36. The highest BCUT2D eigenvalue weighted by Crippen LogP contribution is 2.76. The first-order chi connectivity index (χ1) is 42.2. The standard InChI is InChI=1S/C60H96O30/c1-55(2)13-15-60(54(80)90-52-42(75)37(70)34(67)28(85-52)21-81-49-43(76)38(71)45(27(20-63)84-49)87-50-40(73)35(68)32(65)25(18-61)82-50)16-14-58(5)23(24(60)17-55)7-8-30-56(3)11-10-31(57(4,22-64)29(56)9-12-59(30,58)6)86-53-44(77)39(72)46(47(89-53)48(78)79)88-51-41(74)36(69)33(66)26(19-62)83-51/h7,24-47,49-53,61-77H,8-22H2,1-6H3,(H,78,79). The summed E-state index contributed by atoms with van der Waals surface area (Å²) in [5.41, 5.74) is -2.53. The summed E-state index contributed by atoms with van der Waals surface area (Å²) in [6.07, 6.45) is -38.2. The van der Waals surface area contributed by atoms with E-state index in [4.69, 9.17) is 47.4 Å². The molecule has 5 saturated heterocycles. The number of fused-ring (bicyclic) bond motifs is 7. The van der Waals surface area contributed by atoms with Gasteiger partial charge in [-0.05, 0) is 104 Å². The maximum Gasteiger partial charge on any atom is 0.335 e. The van der Waals surface area contributed by atoms with Gasteiger partial charge < -0.3 is 139 Å². The molecule has 9 fully saturated rings. The zero-order valence-corrected chi connectivity index (χ0v) is 51.4. The summed E-state index contributed by atoms with van der Waals surface area (Å²) in [5, 5.41) is 193. The lowest BCUT2D eigenvalue weighted by molar-refractivity contribution is -0.364. The van der Waals surface area contributed by atoms with Crippen LogP contribution in [0.1, 0.15) is 106 Å². The first-order valence-electron chi connectivity index (χ1n) is 31.5. The second-order valence-electron chi connectivity index (χ2n) is 29.0. The van der Waals surface area contributed by atoms with Crippen LogP contribution in [0.4, 0.5) is 0 Å². The largest absolute Gasteiger partial charge is 0.479 e. The van der Waals surface area contributed by atoms with E-state index in [1.54, 1.807) is 0 Å².